The van der Waals surface area contributed by atoms with Gasteiger partial charge in [0.05, 0.1) is 13.2 Å². The third-order valence-corrected chi connectivity index (χ3v) is 5.13. The Bertz CT molecular complexity index is 518. The van der Waals surface area contributed by atoms with Crippen LogP contribution in [-0.4, -0.2) is 61.8 Å². The number of guanidine groups is 1. The molecule has 5 nitrogen and oxygen atoms in total. The lowest BCUT2D eigenvalue weighted by atomic mass is 9.99. The molecule has 1 fully saturated rings. The Kier molecular flexibility index (Phi) is 12.7. The maximum absolute atomic E-state index is 9.68. The summed E-state index contributed by atoms with van der Waals surface area (Å²) in [5.74, 6) is 1.78. The molecule has 154 valence electrons. The van der Waals surface area contributed by atoms with Crippen molar-refractivity contribution in [3.8, 4) is 0 Å². The quantitative estimate of drug-likeness (QED) is 0.217. The summed E-state index contributed by atoms with van der Waals surface area (Å²) in [5, 5.41) is 16.4. The molecule has 0 aromatic heterocycles. The van der Waals surface area contributed by atoms with E-state index in [9.17, 15) is 5.11 Å². The molecule has 0 radical (unpaired) electrons. The molecule has 6 heteroatoms. The first-order valence-electron chi connectivity index (χ1n) is 10.1. The monoisotopic (exact) mass is 488 g/mol. The fourth-order valence-corrected chi connectivity index (χ4v) is 3.33. The van der Waals surface area contributed by atoms with Crippen LogP contribution in [0.4, 0.5) is 0 Å². The first kappa shape index (κ1) is 24.2. The van der Waals surface area contributed by atoms with Crippen molar-refractivity contribution in [2.24, 2.45) is 10.9 Å². The Morgan fingerprint density at radius 1 is 1.22 bits per heavy atom. The minimum atomic E-state index is 0. The van der Waals surface area contributed by atoms with Gasteiger partial charge in [0.25, 0.3) is 0 Å². The molecule has 0 saturated carbocycles. The maximum Gasteiger partial charge on any atom is 0.191 e. The standard InChI is InChI=1S/C21H36N4O.HI/c1-3-22-21(23-12-7-13-25-14-10-18(2)11-15-25)24-16-20(17-26)19-8-5-4-6-9-19;/h4-6,8-9,18,20,26H,3,7,10-17H2,1-2H3,(H2,22,23,24);1H. The highest BCUT2D eigenvalue weighted by Crippen LogP contribution is 2.16. The van der Waals surface area contributed by atoms with E-state index in [0.717, 1.165) is 43.5 Å². The van der Waals surface area contributed by atoms with Gasteiger partial charge in [-0.1, -0.05) is 37.3 Å². The molecule has 0 aliphatic carbocycles. The Balaban J connectivity index is 0.00000364. The van der Waals surface area contributed by atoms with E-state index in [2.05, 4.69) is 46.5 Å². The van der Waals surface area contributed by atoms with E-state index >= 15 is 0 Å². The van der Waals surface area contributed by atoms with Gasteiger partial charge in [-0.15, -0.1) is 24.0 Å². The van der Waals surface area contributed by atoms with Crippen molar-refractivity contribution in [1.29, 1.82) is 0 Å². The molecule has 0 bridgehead atoms. The maximum atomic E-state index is 9.68. The van der Waals surface area contributed by atoms with E-state index in [1.165, 1.54) is 25.9 Å². The topological polar surface area (TPSA) is 59.9 Å². The highest BCUT2D eigenvalue weighted by Gasteiger charge is 2.15. The summed E-state index contributed by atoms with van der Waals surface area (Å²) in [6.45, 7) is 10.5. The van der Waals surface area contributed by atoms with Crippen molar-refractivity contribution in [2.75, 3.05) is 45.9 Å². The number of piperidine rings is 1. The SMILES string of the molecule is CCNC(=NCC(CO)c1ccccc1)NCCCN1CCC(C)CC1.I. The zero-order valence-electron chi connectivity index (χ0n) is 16.9. The molecule has 1 aliphatic heterocycles. The van der Waals surface area contributed by atoms with E-state index in [0.29, 0.717) is 6.54 Å². The third kappa shape index (κ3) is 9.25. The van der Waals surface area contributed by atoms with Crippen LogP contribution in [0.15, 0.2) is 35.3 Å². The van der Waals surface area contributed by atoms with Crippen LogP contribution >= 0.6 is 24.0 Å². The smallest absolute Gasteiger partial charge is 0.191 e. The van der Waals surface area contributed by atoms with E-state index in [1.807, 2.05) is 18.2 Å². The first-order valence-corrected chi connectivity index (χ1v) is 10.1. The van der Waals surface area contributed by atoms with Crippen LogP contribution in [0.5, 0.6) is 0 Å². The lowest BCUT2D eigenvalue weighted by Gasteiger charge is -2.30. The number of halogens is 1. The molecule has 1 heterocycles. The van der Waals surface area contributed by atoms with Crippen molar-refractivity contribution < 1.29 is 5.11 Å². The van der Waals surface area contributed by atoms with Crippen LogP contribution in [0, 0.1) is 5.92 Å². The molecular formula is C21H37IN4O. The van der Waals surface area contributed by atoms with Crippen molar-refractivity contribution in [2.45, 2.75) is 39.0 Å². The van der Waals surface area contributed by atoms with Crippen molar-refractivity contribution in [3.63, 3.8) is 0 Å². The van der Waals surface area contributed by atoms with E-state index in [1.54, 1.807) is 0 Å². The molecule has 0 amide bonds. The van der Waals surface area contributed by atoms with Crippen molar-refractivity contribution in [3.05, 3.63) is 35.9 Å². The van der Waals surface area contributed by atoms with Gasteiger partial charge in [-0.25, -0.2) is 0 Å². The normalized spacial score (nSPS) is 17.2. The van der Waals surface area contributed by atoms with Crippen molar-refractivity contribution in [1.82, 2.24) is 15.5 Å². The second-order valence-electron chi connectivity index (χ2n) is 7.31. The van der Waals surface area contributed by atoms with Gasteiger partial charge in [-0.3, -0.25) is 4.99 Å². The summed E-state index contributed by atoms with van der Waals surface area (Å²) < 4.78 is 0. The fraction of sp³-hybridized carbons (Fsp3) is 0.667. The summed E-state index contributed by atoms with van der Waals surface area (Å²) in [6.07, 6.45) is 3.79. The van der Waals surface area contributed by atoms with E-state index < -0.39 is 0 Å². The van der Waals surface area contributed by atoms with Crippen LogP contribution in [0.2, 0.25) is 0 Å². The van der Waals surface area contributed by atoms with Crippen LogP contribution < -0.4 is 10.6 Å². The van der Waals surface area contributed by atoms with Gasteiger partial charge >= 0.3 is 0 Å². The van der Waals surface area contributed by atoms with Gasteiger partial charge in [0.1, 0.15) is 0 Å². The van der Waals surface area contributed by atoms with Crippen molar-refractivity contribution >= 4 is 29.9 Å². The van der Waals surface area contributed by atoms with Crippen LogP contribution in [-0.2, 0) is 0 Å². The number of nitrogens with zero attached hydrogens (tertiary/aromatic N) is 2. The predicted molar refractivity (Wildman–Crippen MR) is 125 cm³/mol. The van der Waals surface area contributed by atoms with Gasteiger partial charge in [0, 0.05) is 19.0 Å². The highest BCUT2D eigenvalue weighted by molar-refractivity contribution is 14.0. The molecule has 27 heavy (non-hydrogen) atoms. The summed E-state index contributed by atoms with van der Waals surface area (Å²) in [7, 11) is 0. The number of aliphatic imine (C=N–C) groups is 1. The Hall–Kier alpha value is -0.860. The summed E-state index contributed by atoms with van der Waals surface area (Å²) in [6, 6.07) is 10.1. The zero-order chi connectivity index (χ0) is 18.6. The van der Waals surface area contributed by atoms with Crippen LogP contribution in [0.3, 0.4) is 0 Å². The number of hydrogen-bond donors (Lipinski definition) is 3. The molecule has 3 N–H and O–H groups in total. The molecule has 0 spiro atoms. The Morgan fingerprint density at radius 3 is 2.56 bits per heavy atom. The summed E-state index contributed by atoms with van der Waals surface area (Å²) >= 11 is 0. The zero-order valence-corrected chi connectivity index (χ0v) is 19.2. The van der Waals surface area contributed by atoms with Gasteiger partial charge in [0.2, 0.25) is 0 Å². The lowest BCUT2D eigenvalue weighted by Crippen LogP contribution is -2.40. The van der Waals surface area contributed by atoms with Crippen LogP contribution in [0.1, 0.15) is 44.6 Å². The highest BCUT2D eigenvalue weighted by atomic mass is 127. The average Bonchev–Trinajstić information content (AvgIpc) is 2.67. The Morgan fingerprint density at radius 2 is 1.93 bits per heavy atom. The van der Waals surface area contributed by atoms with E-state index in [4.69, 9.17) is 0 Å². The molecule has 1 unspecified atom stereocenters. The second kappa shape index (κ2) is 14.2. The number of hydrogen-bond acceptors (Lipinski definition) is 3. The van der Waals surface area contributed by atoms with Gasteiger partial charge < -0.3 is 20.6 Å². The molecule has 1 atom stereocenters. The summed E-state index contributed by atoms with van der Waals surface area (Å²) in [5.41, 5.74) is 1.13. The number of benzene rings is 1. The number of aliphatic hydroxyl groups excluding tert-OH is 1. The van der Waals surface area contributed by atoms with Gasteiger partial charge in [-0.2, -0.15) is 0 Å². The molecule has 1 aromatic carbocycles. The predicted octanol–water partition coefficient (Wildman–Crippen LogP) is 3.06. The molecular weight excluding hydrogens is 451 g/mol. The fourth-order valence-electron chi connectivity index (χ4n) is 3.33. The van der Waals surface area contributed by atoms with Crippen LogP contribution in [0.25, 0.3) is 0 Å². The third-order valence-electron chi connectivity index (χ3n) is 5.13. The molecule has 1 saturated heterocycles. The molecule has 1 aromatic rings. The summed E-state index contributed by atoms with van der Waals surface area (Å²) in [4.78, 5) is 7.25. The van der Waals surface area contributed by atoms with E-state index in [-0.39, 0.29) is 36.5 Å². The second-order valence-corrected chi connectivity index (χ2v) is 7.31. The minimum absolute atomic E-state index is 0. The molecule has 1 aliphatic rings. The number of rotatable bonds is 9. The lowest BCUT2D eigenvalue weighted by molar-refractivity contribution is 0.191. The Labute approximate surface area is 182 Å². The number of likely N-dealkylation sites (tertiary alicyclic amines) is 1. The molecule has 2 rings (SSSR count). The minimum Gasteiger partial charge on any atom is -0.396 e. The van der Waals surface area contributed by atoms with Gasteiger partial charge in [-0.05, 0) is 57.3 Å². The van der Waals surface area contributed by atoms with Gasteiger partial charge in [0.15, 0.2) is 5.96 Å². The average molecular weight is 488 g/mol. The number of aliphatic hydroxyl groups is 1. The number of nitrogens with one attached hydrogen (secondary N) is 2. The largest absolute Gasteiger partial charge is 0.396 e. The first-order chi connectivity index (χ1) is 12.7.